The molecule has 3 aromatic rings. The highest BCUT2D eigenvalue weighted by Crippen LogP contribution is 2.35. The Labute approximate surface area is 164 Å². The monoisotopic (exact) mass is 401 g/mol. The number of carbonyl (C=O) groups is 3. The maximum Gasteiger partial charge on any atom is 0.350 e. The van der Waals surface area contributed by atoms with E-state index in [0.717, 1.165) is 10.1 Å². The summed E-state index contributed by atoms with van der Waals surface area (Å²) >= 11 is 7.48. The van der Waals surface area contributed by atoms with E-state index in [-0.39, 0.29) is 23.2 Å². The zero-order valence-electron chi connectivity index (χ0n) is 14.5. The van der Waals surface area contributed by atoms with Crippen LogP contribution in [-0.2, 0) is 9.53 Å². The lowest BCUT2D eigenvalue weighted by Gasteiger charge is -2.06. The Bertz CT molecular complexity index is 1010. The van der Waals surface area contributed by atoms with Crippen molar-refractivity contribution >= 4 is 56.4 Å². The number of Topliss-reactive ketones (excluding diaryl/α,β-unsaturated/α-hetero) is 1. The molecule has 0 aliphatic carbocycles. The predicted molar refractivity (Wildman–Crippen MR) is 107 cm³/mol. The average Bonchev–Trinajstić information content (AvgIpc) is 3.03. The van der Waals surface area contributed by atoms with Gasteiger partial charge in [0.15, 0.2) is 12.4 Å². The number of ketones is 1. The van der Waals surface area contributed by atoms with E-state index in [1.807, 2.05) is 24.3 Å². The molecule has 0 unspecified atom stereocenters. The summed E-state index contributed by atoms with van der Waals surface area (Å²) in [4.78, 5) is 36.2. The molecular formula is C20H16ClNO4S. The third kappa shape index (κ3) is 4.35. The van der Waals surface area contributed by atoms with Gasteiger partial charge in [0.2, 0.25) is 5.91 Å². The molecule has 1 N–H and O–H groups in total. The molecular weight excluding hydrogens is 386 g/mol. The summed E-state index contributed by atoms with van der Waals surface area (Å²) < 4.78 is 6.01. The van der Waals surface area contributed by atoms with Gasteiger partial charge in [0, 0.05) is 27.8 Å². The van der Waals surface area contributed by atoms with Crippen LogP contribution in [-0.4, -0.2) is 24.3 Å². The summed E-state index contributed by atoms with van der Waals surface area (Å²) in [6.45, 7) is 1.37. The lowest BCUT2D eigenvalue weighted by atomic mass is 10.1. The molecule has 7 heteroatoms. The van der Waals surface area contributed by atoms with E-state index in [1.54, 1.807) is 31.2 Å². The van der Waals surface area contributed by atoms with Crippen molar-refractivity contribution in [3.63, 3.8) is 0 Å². The van der Waals surface area contributed by atoms with Gasteiger partial charge >= 0.3 is 5.97 Å². The summed E-state index contributed by atoms with van der Waals surface area (Å²) in [5.74, 6) is -1.07. The minimum Gasteiger partial charge on any atom is -0.453 e. The first-order valence-corrected chi connectivity index (χ1v) is 9.46. The molecule has 2 aromatic carbocycles. The molecule has 0 atom stereocenters. The quantitative estimate of drug-likeness (QED) is 0.469. The van der Waals surface area contributed by atoms with Gasteiger partial charge in [-0.25, -0.2) is 4.79 Å². The van der Waals surface area contributed by atoms with Crippen molar-refractivity contribution in [1.29, 1.82) is 0 Å². The van der Waals surface area contributed by atoms with Gasteiger partial charge in [0.1, 0.15) is 4.88 Å². The highest BCUT2D eigenvalue weighted by atomic mass is 35.5. The van der Waals surface area contributed by atoms with E-state index in [0.29, 0.717) is 22.7 Å². The van der Waals surface area contributed by atoms with Gasteiger partial charge in [-0.2, -0.15) is 0 Å². The Morgan fingerprint density at radius 2 is 1.78 bits per heavy atom. The second-order valence-electron chi connectivity index (χ2n) is 5.72. The number of amides is 1. The molecule has 138 valence electrons. The summed E-state index contributed by atoms with van der Waals surface area (Å²) in [7, 11) is 0. The molecule has 1 amide bonds. The van der Waals surface area contributed by atoms with E-state index in [2.05, 4.69) is 5.32 Å². The van der Waals surface area contributed by atoms with Crippen molar-refractivity contribution < 1.29 is 19.1 Å². The van der Waals surface area contributed by atoms with Crippen LogP contribution >= 0.6 is 22.9 Å². The Balaban J connectivity index is 1.63. The van der Waals surface area contributed by atoms with Gasteiger partial charge in [-0.15, -0.1) is 11.3 Å². The van der Waals surface area contributed by atoms with Gasteiger partial charge in [0.05, 0.1) is 5.02 Å². The molecule has 1 heterocycles. The Hall–Kier alpha value is -2.70. The minimum atomic E-state index is -0.624. The average molecular weight is 402 g/mol. The topological polar surface area (TPSA) is 72.5 Å². The van der Waals surface area contributed by atoms with E-state index in [1.165, 1.54) is 11.3 Å². The SMILES string of the molecule is CCC(=O)Nc1ccc(C(=O)COC(=O)c2sc3ccccc3c2Cl)cc1. The van der Waals surface area contributed by atoms with Crippen LogP contribution in [0, 0.1) is 0 Å². The van der Waals surface area contributed by atoms with Gasteiger partial charge in [0.25, 0.3) is 0 Å². The number of rotatable bonds is 6. The summed E-state index contributed by atoms with van der Waals surface area (Å²) in [6, 6.07) is 13.8. The number of fused-ring (bicyclic) bond motifs is 1. The lowest BCUT2D eigenvalue weighted by Crippen LogP contribution is -2.14. The number of benzene rings is 2. The zero-order valence-corrected chi connectivity index (χ0v) is 16.0. The molecule has 0 radical (unpaired) electrons. The van der Waals surface area contributed by atoms with Gasteiger partial charge < -0.3 is 10.1 Å². The fourth-order valence-corrected chi connectivity index (χ4v) is 3.82. The maximum atomic E-state index is 12.3. The molecule has 0 spiro atoms. The molecule has 0 saturated carbocycles. The van der Waals surface area contributed by atoms with Crippen LogP contribution in [0.3, 0.4) is 0 Å². The number of ether oxygens (including phenoxy) is 1. The van der Waals surface area contributed by atoms with Gasteiger partial charge in [-0.05, 0) is 30.3 Å². The van der Waals surface area contributed by atoms with Crippen LogP contribution in [0.4, 0.5) is 5.69 Å². The van der Waals surface area contributed by atoms with Crippen LogP contribution in [0.25, 0.3) is 10.1 Å². The van der Waals surface area contributed by atoms with Crippen LogP contribution < -0.4 is 5.32 Å². The van der Waals surface area contributed by atoms with Gasteiger partial charge in [-0.3, -0.25) is 9.59 Å². The fourth-order valence-electron chi connectivity index (χ4n) is 2.41. The van der Waals surface area contributed by atoms with Crippen LogP contribution in [0.2, 0.25) is 5.02 Å². The standard InChI is InChI=1S/C20H16ClNO4S/c1-2-17(24)22-13-9-7-12(8-10-13)15(23)11-26-20(25)19-18(21)14-5-3-4-6-16(14)27-19/h3-10H,2,11H2,1H3,(H,22,24). The van der Waals surface area contributed by atoms with E-state index >= 15 is 0 Å². The molecule has 0 aliphatic rings. The number of thiophene rings is 1. The Kier molecular flexibility index (Phi) is 5.88. The second kappa shape index (κ2) is 8.33. The summed E-state index contributed by atoms with van der Waals surface area (Å²) in [5.41, 5.74) is 0.993. The van der Waals surface area contributed by atoms with Gasteiger partial charge in [-0.1, -0.05) is 36.7 Å². The van der Waals surface area contributed by atoms with Crippen molar-refractivity contribution in [3.8, 4) is 0 Å². The molecule has 0 bridgehead atoms. The first-order valence-electron chi connectivity index (χ1n) is 8.27. The summed E-state index contributed by atoms with van der Waals surface area (Å²) in [5, 5.41) is 3.82. The number of nitrogens with one attached hydrogen (secondary N) is 1. The molecule has 27 heavy (non-hydrogen) atoms. The zero-order chi connectivity index (χ0) is 19.4. The first kappa shape index (κ1) is 19.1. The Morgan fingerprint density at radius 1 is 1.07 bits per heavy atom. The van der Waals surface area contributed by atoms with Crippen molar-refractivity contribution in [2.24, 2.45) is 0 Å². The molecule has 1 aromatic heterocycles. The Morgan fingerprint density at radius 3 is 2.44 bits per heavy atom. The predicted octanol–water partition coefficient (Wildman–Crippen LogP) is 4.94. The molecule has 3 rings (SSSR count). The maximum absolute atomic E-state index is 12.3. The molecule has 5 nitrogen and oxygen atoms in total. The molecule has 0 saturated heterocycles. The highest BCUT2D eigenvalue weighted by Gasteiger charge is 2.19. The lowest BCUT2D eigenvalue weighted by molar-refractivity contribution is -0.115. The number of esters is 1. The van der Waals surface area contributed by atoms with E-state index in [9.17, 15) is 14.4 Å². The molecule has 0 aliphatic heterocycles. The van der Waals surface area contributed by atoms with Crippen molar-refractivity contribution in [1.82, 2.24) is 0 Å². The van der Waals surface area contributed by atoms with Crippen molar-refractivity contribution in [2.45, 2.75) is 13.3 Å². The first-order chi connectivity index (χ1) is 13.0. The molecule has 0 fully saturated rings. The fraction of sp³-hybridized carbons (Fsp3) is 0.150. The highest BCUT2D eigenvalue weighted by molar-refractivity contribution is 7.21. The summed E-state index contributed by atoms with van der Waals surface area (Å²) in [6.07, 6.45) is 0.372. The number of anilines is 1. The number of halogens is 1. The van der Waals surface area contributed by atoms with Crippen LogP contribution in [0.15, 0.2) is 48.5 Å². The number of hydrogen-bond donors (Lipinski definition) is 1. The second-order valence-corrected chi connectivity index (χ2v) is 7.15. The van der Waals surface area contributed by atoms with Crippen molar-refractivity contribution in [3.05, 3.63) is 64.0 Å². The van der Waals surface area contributed by atoms with E-state index in [4.69, 9.17) is 16.3 Å². The number of hydrogen-bond acceptors (Lipinski definition) is 5. The smallest absolute Gasteiger partial charge is 0.350 e. The third-order valence-corrected chi connectivity index (χ3v) is 5.52. The van der Waals surface area contributed by atoms with Crippen molar-refractivity contribution in [2.75, 3.05) is 11.9 Å². The van der Waals surface area contributed by atoms with E-state index < -0.39 is 5.97 Å². The largest absolute Gasteiger partial charge is 0.453 e. The minimum absolute atomic E-state index is 0.108. The van der Waals surface area contributed by atoms with Crippen LogP contribution in [0.1, 0.15) is 33.4 Å². The third-order valence-electron chi connectivity index (χ3n) is 3.87. The van der Waals surface area contributed by atoms with Crippen LogP contribution in [0.5, 0.6) is 0 Å². The normalized spacial score (nSPS) is 10.6. The number of carbonyl (C=O) groups excluding carboxylic acids is 3.